The molecule has 3 aromatic rings. The zero-order chi connectivity index (χ0) is 16.6. The van der Waals surface area contributed by atoms with Gasteiger partial charge in [0.05, 0.1) is 11.0 Å². The summed E-state index contributed by atoms with van der Waals surface area (Å²) in [6.45, 7) is 6.19. The van der Waals surface area contributed by atoms with Crippen molar-refractivity contribution in [2.24, 2.45) is 5.73 Å². The van der Waals surface area contributed by atoms with Crippen molar-refractivity contribution < 1.29 is 4.79 Å². The lowest BCUT2D eigenvalue weighted by Gasteiger charge is -2.07. The number of benzene rings is 2. The molecule has 0 unspecified atom stereocenters. The molecule has 0 aliphatic rings. The Kier molecular flexibility index (Phi) is 3.78. The number of nitrogens with two attached hydrogens (primary N) is 1. The zero-order valence-corrected chi connectivity index (χ0v) is 13.5. The summed E-state index contributed by atoms with van der Waals surface area (Å²) in [4.78, 5) is 19.2. The smallest absolute Gasteiger partial charge is 0.249 e. The van der Waals surface area contributed by atoms with E-state index < -0.39 is 5.91 Å². The SMILES string of the molecule is Cc1c(C(N)=O)ccc2[nH]c(Nc3ccc(C(C)C)cc3)nc12. The highest BCUT2D eigenvalue weighted by Crippen LogP contribution is 2.24. The average molecular weight is 308 g/mol. The number of H-pyrrole nitrogens is 1. The topological polar surface area (TPSA) is 83.8 Å². The first-order chi connectivity index (χ1) is 11.0. The van der Waals surface area contributed by atoms with Gasteiger partial charge >= 0.3 is 0 Å². The van der Waals surface area contributed by atoms with Gasteiger partial charge in [0.1, 0.15) is 0 Å². The van der Waals surface area contributed by atoms with Gasteiger partial charge in [0, 0.05) is 11.3 Å². The normalized spacial score (nSPS) is 11.1. The van der Waals surface area contributed by atoms with Crippen LogP contribution in [0.4, 0.5) is 11.6 Å². The lowest BCUT2D eigenvalue weighted by atomic mass is 10.0. The van der Waals surface area contributed by atoms with Crippen LogP contribution in [0.5, 0.6) is 0 Å². The molecule has 5 nitrogen and oxygen atoms in total. The van der Waals surface area contributed by atoms with Crippen molar-refractivity contribution in [3.05, 3.63) is 53.1 Å². The van der Waals surface area contributed by atoms with E-state index >= 15 is 0 Å². The summed E-state index contributed by atoms with van der Waals surface area (Å²) >= 11 is 0. The maximum atomic E-state index is 11.4. The Bertz CT molecular complexity index is 863. The largest absolute Gasteiger partial charge is 0.366 e. The summed E-state index contributed by atoms with van der Waals surface area (Å²) < 4.78 is 0. The number of hydrogen-bond donors (Lipinski definition) is 3. The molecule has 0 aliphatic carbocycles. The van der Waals surface area contributed by atoms with Crippen molar-refractivity contribution in [2.45, 2.75) is 26.7 Å². The Labute approximate surface area is 134 Å². The number of aryl methyl sites for hydroxylation is 1. The van der Waals surface area contributed by atoms with E-state index in [1.165, 1.54) is 5.56 Å². The molecule has 0 radical (unpaired) electrons. The predicted molar refractivity (Wildman–Crippen MR) is 93.2 cm³/mol. The van der Waals surface area contributed by atoms with Crippen molar-refractivity contribution >= 4 is 28.6 Å². The molecule has 0 spiro atoms. The van der Waals surface area contributed by atoms with Crippen LogP contribution in [0.15, 0.2) is 36.4 Å². The predicted octanol–water partition coefficient (Wildman–Crippen LogP) is 3.84. The number of aromatic nitrogens is 2. The van der Waals surface area contributed by atoms with Crippen LogP contribution in [0.2, 0.25) is 0 Å². The number of aromatic amines is 1. The van der Waals surface area contributed by atoms with E-state index in [2.05, 4.69) is 41.3 Å². The van der Waals surface area contributed by atoms with E-state index in [1.54, 1.807) is 6.07 Å². The molecule has 1 aromatic heterocycles. The summed E-state index contributed by atoms with van der Waals surface area (Å²) in [6.07, 6.45) is 0. The second-order valence-electron chi connectivity index (χ2n) is 5.99. The summed E-state index contributed by atoms with van der Waals surface area (Å²) in [5, 5.41) is 3.25. The van der Waals surface area contributed by atoms with Gasteiger partial charge in [-0.25, -0.2) is 4.98 Å². The molecular formula is C18H20N4O. The Morgan fingerprint density at radius 3 is 2.48 bits per heavy atom. The quantitative estimate of drug-likeness (QED) is 0.684. The van der Waals surface area contributed by atoms with Crippen LogP contribution >= 0.6 is 0 Å². The fourth-order valence-corrected chi connectivity index (χ4v) is 2.63. The van der Waals surface area contributed by atoms with Crippen molar-refractivity contribution in [1.29, 1.82) is 0 Å². The van der Waals surface area contributed by atoms with Gasteiger partial charge < -0.3 is 16.0 Å². The van der Waals surface area contributed by atoms with E-state index in [9.17, 15) is 4.79 Å². The first kappa shape index (κ1) is 15.1. The molecule has 0 saturated carbocycles. The fraction of sp³-hybridized carbons (Fsp3) is 0.222. The molecule has 0 atom stereocenters. The molecule has 0 bridgehead atoms. The van der Waals surface area contributed by atoms with Gasteiger partial charge in [-0.3, -0.25) is 4.79 Å². The van der Waals surface area contributed by atoms with Crippen LogP contribution in [0.25, 0.3) is 11.0 Å². The van der Waals surface area contributed by atoms with Gasteiger partial charge in [0.2, 0.25) is 11.9 Å². The number of primary amides is 1. The monoisotopic (exact) mass is 308 g/mol. The molecule has 2 aromatic carbocycles. The summed E-state index contributed by atoms with van der Waals surface area (Å²) in [7, 11) is 0. The Hall–Kier alpha value is -2.82. The van der Waals surface area contributed by atoms with Gasteiger partial charge in [-0.05, 0) is 48.2 Å². The summed E-state index contributed by atoms with van der Waals surface area (Å²) in [6, 6.07) is 11.8. The van der Waals surface area contributed by atoms with Gasteiger partial charge in [0.15, 0.2) is 0 Å². The highest BCUT2D eigenvalue weighted by Gasteiger charge is 2.12. The number of nitrogens with zero attached hydrogens (tertiary/aromatic N) is 1. The summed E-state index contributed by atoms with van der Waals surface area (Å²) in [5.41, 5.74) is 10.5. The number of nitrogens with one attached hydrogen (secondary N) is 2. The molecule has 118 valence electrons. The van der Waals surface area contributed by atoms with Gasteiger partial charge in [-0.1, -0.05) is 26.0 Å². The third-order valence-electron chi connectivity index (χ3n) is 4.01. The number of carbonyl (C=O) groups is 1. The number of carbonyl (C=O) groups excluding carboxylic acids is 1. The first-order valence-corrected chi connectivity index (χ1v) is 7.62. The van der Waals surface area contributed by atoms with Crippen LogP contribution < -0.4 is 11.1 Å². The lowest BCUT2D eigenvalue weighted by molar-refractivity contribution is 0.1000. The molecular weight excluding hydrogens is 288 g/mol. The van der Waals surface area contributed by atoms with E-state index in [0.717, 1.165) is 22.3 Å². The second kappa shape index (κ2) is 5.76. The third kappa shape index (κ3) is 2.90. The molecule has 23 heavy (non-hydrogen) atoms. The summed E-state index contributed by atoms with van der Waals surface area (Å²) in [5.74, 6) is 0.707. The van der Waals surface area contributed by atoms with E-state index in [0.29, 0.717) is 17.4 Å². The third-order valence-corrected chi connectivity index (χ3v) is 4.01. The molecule has 0 saturated heterocycles. The fourth-order valence-electron chi connectivity index (χ4n) is 2.63. The molecule has 1 heterocycles. The van der Waals surface area contributed by atoms with E-state index in [-0.39, 0.29) is 0 Å². The van der Waals surface area contributed by atoms with E-state index in [1.807, 2.05) is 25.1 Å². The van der Waals surface area contributed by atoms with Crippen molar-refractivity contribution in [3.8, 4) is 0 Å². The van der Waals surface area contributed by atoms with Gasteiger partial charge in [-0.2, -0.15) is 0 Å². The lowest BCUT2D eigenvalue weighted by Crippen LogP contribution is -2.12. The van der Waals surface area contributed by atoms with Crippen LogP contribution in [0.1, 0.15) is 41.3 Å². The van der Waals surface area contributed by atoms with Crippen LogP contribution in [-0.4, -0.2) is 15.9 Å². The molecule has 0 aliphatic heterocycles. The molecule has 0 fully saturated rings. The van der Waals surface area contributed by atoms with Crippen molar-refractivity contribution in [3.63, 3.8) is 0 Å². The molecule has 1 amide bonds. The maximum Gasteiger partial charge on any atom is 0.249 e. The van der Waals surface area contributed by atoms with E-state index in [4.69, 9.17) is 5.73 Å². The second-order valence-corrected chi connectivity index (χ2v) is 5.99. The number of hydrogen-bond acceptors (Lipinski definition) is 3. The maximum absolute atomic E-state index is 11.4. The number of imidazole rings is 1. The standard InChI is InChI=1S/C18H20N4O/c1-10(2)12-4-6-13(7-5-12)20-18-21-15-9-8-14(17(19)23)11(3)16(15)22-18/h4-10H,1-3H3,(H2,19,23)(H2,20,21,22). The number of amides is 1. The molecule has 4 N–H and O–H groups in total. The average Bonchev–Trinajstić information content (AvgIpc) is 2.91. The molecule has 3 rings (SSSR count). The van der Waals surface area contributed by atoms with Crippen molar-refractivity contribution in [2.75, 3.05) is 5.32 Å². The minimum Gasteiger partial charge on any atom is -0.366 e. The van der Waals surface area contributed by atoms with Crippen LogP contribution in [0, 0.1) is 6.92 Å². The number of fused-ring (bicyclic) bond motifs is 1. The van der Waals surface area contributed by atoms with Crippen LogP contribution in [-0.2, 0) is 0 Å². The Balaban J connectivity index is 1.91. The van der Waals surface area contributed by atoms with Gasteiger partial charge in [-0.15, -0.1) is 0 Å². The molecule has 5 heteroatoms. The number of rotatable bonds is 4. The zero-order valence-electron chi connectivity index (χ0n) is 13.5. The first-order valence-electron chi connectivity index (χ1n) is 7.62. The highest BCUT2D eigenvalue weighted by atomic mass is 16.1. The Morgan fingerprint density at radius 1 is 1.17 bits per heavy atom. The van der Waals surface area contributed by atoms with Gasteiger partial charge in [0.25, 0.3) is 0 Å². The number of anilines is 2. The highest BCUT2D eigenvalue weighted by molar-refractivity contribution is 5.99. The van der Waals surface area contributed by atoms with Crippen LogP contribution in [0.3, 0.4) is 0 Å². The Morgan fingerprint density at radius 2 is 1.87 bits per heavy atom. The minimum atomic E-state index is -0.439. The minimum absolute atomic E-state index is 0.439. The van der Waals surface area contributed by atoms with Crippen molar-refractivity contribution in [1.82, 2.24) is 9.97 Å².